The number of hydrogen-bond acceptors (Lipinski definition) is 7. The summed E-state index contributed by atoms with van der Waals surface area (Å²) in [6, 6.07) is 8.33. The smallest absolute Gasteiger partial charge is 0.294 e. The Morgan fingerprint density at radius 1 is 1.15 bits per heavy atom. The number of hydrogen-bond donors (Lipinski definition) is 1. The van der Waals surface area contributed by atoms with E-state index in [0.29, 0.717) is 46.7 Å². The van der Waals surface area contributed by atoms with Gasteiger partial charge in [-0.3, -0.25) is 19.3 Å². The van der Waals surface area contributed by atoms with Gasteiger partial charge >= 0.3 is 0 Å². The van der Waals surface area contributed by atoms with Crippen LogP contribution in [0.4, 0.5) is 10.5 Å². The maximum atomic E-state index is 12.9. The van der Waals surface area contributed by atoms with Gasteiger partial charge < -0.3 is 19.5 Å². The van der Waals surface area contributed by atoms with Gasteiger partial charge in [-0.25, -0.2) is 0 Å². The number of imide groups is 1. The largest absolute Gasteiger partial charge is 0.495 e. The van der Waals surface area contributed by atoms with E-state index in [9.17, 15) is 14.4 Å². The second-order valence-electron chi connectivity index (χ2n) is 6.86. The lowest BCUT2D eigenvalue weighted by Crippen LogP contribution is -2.36. The zero-order valence-corrected chi connectivity index (χ0v) is 22.4. The van der Waals surface area contributed by atoms with E-state index >= 15 is 0 Å². The molecule has 1 fully saturated rings. The fraction of sp³-hybridized carbons (Fsp3) is 0.261. The van der Waals surface area contributed by atoms with Gasteiger partial charge in [-0.05, 0) is 90.2 Å². The molecule has 0 spiro atoms. The zero-order valence-electron chi connectivity index (χ0n) is 18.6. The molecular formula is C23H22ClIN2O6S. The highest BCUT2D eigenvalue weighted by Gasteiger charge is 2.36. The van der Waals surface area contributed by atoms with Crippen molar-refractivity contribution in [1.82, 2.24) is 4.90 Å². The summed E-state index contributed by atoms with van der Waals surface area (Å²) in [5, 5.41) is 2.43. The monoisotopic (exact) mass is 616 g/mol. The van der Waals surface area contributed by atoms with Crippen LogP contribution in [0.3, 0.4) is 0 Å². The third-order valence-electron chi connectivity index (χ3n) is 4.53. The van der Waals surface area contributed by atoms with Crippen LogP contribution in [0.25, 0.3) is 6.08 Å². The summed E-state index contributed by atoms with van der Waals surface area (Å²) in [5.41, 5.74) is 1.10. The zero-order chi connectivity index (χ0) is 24.8. The molecular weight excluding hydrogens is 595 g/mol. The average Bonchev–Trinajstić information content (AvgIpc) is 3.03. The molecule has 0 saturated carbocycles. The summed E-state index contributed by atoms with van der Waals surface area (Å²) in [6.07, 6.45) is 1.60. The molecule has 2 aromatic carbocycles. The molecule has 0 unspecified atom stereocenters. The van der Waals surface area contributed by atoms with E-state index < -0.39 is 23.6 Å². The number of benzene rings is 2. The van der Waals surface area contributed by atoms with Crippen molar-refractivity contribution in [3.8, 4) is 17.2 Å². The van der Waals surface area contributed by atoms with E-state index in [-0.39, 0.29) is 4.91 Å². The Hall–Kier alpha value is -2.44. The molecule has 11 heteroatoms. The minimum atomic E-state index is -0.542. The molecule has 3 amide bonds. The van der Waals surface area contributed by atoms with Gasteiger partial charge in [-0.2, -0.15) is 0 Å². The molecule has 8 nitrogen and oxygen atoms in total. The quantitative estimate of drug-likeness (QED) is 0.297. The van der Waals surface area contributed by atoms with Crippen LogP contribution in [0.15, 0.2) is 35.2 Å². The van der Waals surface area contributed by atoms with Crippen molar-refractivity contribution in [3.05, 3.63) is 49.4 Å². The van der Waals surface area contributed by atoms with Crippen molar-refractivity contribution in [1.29, 1.82) is 0 Å². The molecule has 1 heterocycles. The first-order chi connectivity index (χ1) is 16.3. The first-order valence-corrected chi connectivity index (χ1v) is 12.5. The maximum absolute atomic E-state index is 12.9. The van der Waals surface area contributed by atoms with Gasteiger partial charge in [-0.1, -0.05) is 11.6 Å². The highest BCUT2D eigenvalue weighted by molar-refractivity contribution is 14.1. The molecule has 180 valence electrons. The molecule has 0 bridgehead atoms. The summed E-state index contributed by atoms with van der Waals surface area (Å²) in [4.78, 5) is 38.9. The maximum Gasteiger partial charge on any atom is 0.294 e. The van der Waals surface area contributed by atoms with Crippen LogP contribution in [0, 0.1) is 3.57 Å². The molecule has 1 aliphatic rings. The summed E-state index contributed by atoms with van der Waals surface area (Å²) < 4.78 is 17.2. The van der Waals surface area contributed by atoms with Gasteiger partial charge in [0.25, 0.3) is 11.1 Å². The highest BCUT2D eigenvalue weighted by atomic mass is 127. The van der Waals surface area contributed by atoms with E-state index in [4.69, 9.17) is 25.8 Å². The Bertz CT molecular complexity index is 1160. The van der Waals surface area contributed by atoms with Gasteiger partial charge in [0.05, 0.1) is 33.8 Å². The summed E-state index contributed by atoms with van der Waals surface area (Å²) in [7, 11) is 1.48. The van der Waals surface area contributed by atoms with E-state index in [2.05, 4.69) is 27.9 Å². The average molecular weight is 617 g/mol. The lowest BCUT2D eigenvalue weighted by molar-refractivity contribution is -0.127. The van der Waals surface area contributed by atoms with Crippen molar-refractivity contribution in [3.63, 3.8) is 0 Å². The molecule has 1 aliphatic heterocycles. The number of thioether (sulfide) groups is 1. The third-order valence-corrected chi connectivity index (χ3v) is 6.53. The number of methoxy groups -OCH3 is 1. The number of carbonyl (C=O) groups excluding carboxylic acids is 3. The standard InChI is InChI=1S/C23H22ClIN2O6S/c1-4-32-18-9-13(8-16(25)21(18)33-5-2)10-19-22(29)27(23(30)34-19)12-20(28)26-14-6-7-17(31-3)15(24)11-14/h6-11H,4-5,12H2,1-3H3,(H,26,28)/b19-10+. The molecule has 2 aromatic rings. The van der Waals surface area contributed by atoms with Gasteiger partial charge in [0.1, 0.15) is 12.3 Å². The minimum absolute atomic E-state index is 0.215. The topological polar surface area (TPSA) is 94.2 Å². The second-order valence-corrected chi connectivity index (χ2v) is 9.42. The van der Waals surface area contributed by atoms with Crippen LogP contribution in [0.5, 0.6) is 17.2 Å². The number of nitrogens with zero attached hydrogens (tertiary/aromatic N) is 1. The summed E-state index contributed by atoms with van der Waals surface area (Å²) in [5.74, 6) is 0.579. The van der Waals surface area contributed by atoms with Crippen LogP contribution in [-0.2, 0) is 9.59 Å². The Morgan fingerprint density at radius 2 is 1.88 bits per heavy atom. The van der Waals surface area contributed by atoms with Crippen LogP contribution in [-0.4, -0.2) is 48.8 Å². The van der Waals surface area contributed by atoms with Crippen LogP contribution < -0.4 is 19.5 Å². The minimum Gasteiger partial charge on any atom is -0.495 e. The fourth-order valence-electron chi connectivity index (χ4n) is 3.09. The Kier molecular flexibility index (Phi) is 9.09. The van der Waals surface area contributed by atoms with E-state index in [0.717, 1.165) is 20.2 Å². The van der Waals surface area contributed by atoms with Crippen LogP contribution >= 0.6 is 46.0 Å². The van der Waals surface area contributed by atoms with E-state index in [1.54, 1.807) is 24.3 Å². The Balaban J connectivity index is 1.75. The summed E-state index contributed by atoms with van der Waals surface area (Å²) >= 11 is 8.98. The summed E-state index contributed by atoms with van der Waals surface area (Å²) in [6.45, 7) is 4.26. The SMILES string of the molecule is CCOc1cc(/C=C2/SC(=O)N(CC(=O)Nc3ccc(OC)c(Cl)c3)C2=O)cc(I)c1OCC. The molecule has 0 aliphatic carbocycles. The lowest BCUT2D eigenvalue weighted by Gasteiger charge is -2.14. The van der Waals surface area contributed by atoms with Gasteiger partial charge in [-0.15, -0.1) is 0 Å². The molecule has 0 radical (unpaired) electrons. The number of amides is 3. The van der Waals surface area contributed by atoms with Crippen molar-refractivity contribution >= 4 is 74.8 Å². The number of carbonyl (C=O) groups is 3. The van der Waals surface area contributed by atoms with Crippen LogP contribution in [0.1, 0.15) is 19.4 Å². The third kappa shape index (κ3) is 6.16. The van der Waals surface area contributed by atoms with E-state index in [1.807, 2.05) is 19.9 Å². The van der Waals surface area contributed by atoms with Crippen LogP contribution in [0.2, 0.25) is 5.02 Å². The molecule has 1 N–H and O–H groups in total. The molecule has 0 aromatic heterocycles. The molecule has 0 atom stereocenters. The van der Waals surface area contributed by atoms with Crippen molar-refractivity contribution < 1.29 is 28.6 Å². The normalized spacial score (nSPS) is 14.5. The number of rotatable bonds is 9. The molecule has 1 saturated heterocycles. The lowest BCUT2D eigenvalue weighted by atomic mass is 10.2. The van der Waals surface area contributed by atoms with Gasteiger partial charge in [0.2, 0.25) is 5.91 Å². The number of nitrogens with one attached hydrogen (secondary N) is 1. The Morgan fingerprint density at radius 3 is 2.53 bits per heavy atom. The predicted molar refractivity (Wildman–Crippen MR) is 141 cm³/mol. The Labute approximate surface area is 220 Å². The van der Waals surface area contributed by atoms with Crippen molar-refractivity contribution in [2.75, 3.05) is 32.2 Å². The van der Waals surface area contributed by atoms with E-state index in [1.165, 1.54) is 13.2 Å². The second kappa shape index (κ2) is 11.8. The number of halogens is 2. The van der Waals surface area contributed by atoms with Gasteiger partial charge in [0.15, 0.2) is 11.5 Å². The van der Waals surface area contributed by atoms with Crippen molar-refractivity contribution in [2.45, 2.75) is 13.8 Å². The number of anilines is 1. The molecule has 34 heavy (non-hydrogen) atoms. The first-order valence-electron chi connectivity index (χ1n) is 10.2. The fourth-order valence-corrected chi connectivity index (χ4v) is 4.97. The van der Waals surface area contributed by atoms with Gasteiger partial charge in [0, 0.05) is 5.69 Å². The first kappa shape index (κ1) is 26.2. The van der Waals surface area contributed by atoms with Crippen molar-refractivity contribution in [2.24, 2.45) is 0 Å². The molecule has 3 rings (SSSR count). The predicted octanol–water partition coefficient (Wildman–Crippen LogP) is 5.43. The highest BCUT2D eigenvalue weighted by Crippen LogP contribution is 2.37. The number of ether oxygens (including phenoxy) is 3.